The van der Waals surface area contributed by atoms with Crippen LogP contribution in [0.5, 0.6) is 0 Å². The number of ether oxygens (including phenoxy) is 1. The van der Waals surface area contributed by atoms with Gasteiger partial charge in [0.05, 0.1) is 6.61 Å². The van der Waals surface area contributed by atoms with Crippen LogP contribution >= 0.6 is 11.3 Å². The first-order chi connectivity index (χ1) is 10.2. The number of nitrogens with two attached hydrogens (primary N) is 1. The number of carbonyl (C=O) groups is 1. The van der Waals surface area contributed by atoms with Crippen molar-refractivity contribution in [2.75, 3.05) is 19.7 Å². The van der Waals surface area contributed by atoms with Crippen molar-refractivity contribution in [2.45, 2.75) is 12.6 Å². The molecule has 0 spiro atoms. The molecule has 2 N–H and O–H groups in total. The lowest BCUT2D eigenvalue weighted by atomic mass is 10.1. The summed E-state index contributed by atoms with van der Waals surface area (Å²) in [5.41, 5.74) is 6.96. The first-order valence-corrected chi connectivity index (χ1v) is 7.72. The Balaban J connectivity index is 1.63. The zero-order valence-corrected chi connectivity index (χ0v) is 12.4. The van der Waals surface area contributed by atoms with Gasteiger partial charge in [0.1, 0.15) is 11.1 Å². The minimum atomic E-state index is -0.392. The van der Waals surface area contributed by atoms with Gasteiger partial charge in [-0.1, -0.05) is 12.1 Å². The van der Waals surface area contributed by atoms with Crippen LogP contribution in [0.3, 0.4) is 0 Å². The fourth-order valence-electron chi connectivity index (χ4n) is 2.42. The first kappa shape index (κ1) is 14.2. The molecule has 2 heterocycles. The molecule has 6 heteroatoms. The molecule has 3 rings (SSSR count). The average molecular weight is 303 g/mol. The van der Waals surface area contributed by atoms with Crippen LogP contribution in [-0.2, 0) is 11.3 Å². The molecule has 21 heavy (non-hydrogen) atoms. The van der Waals surface area contributed by atoms with Crippen molar-refractivity contribution in [3.05, 3.63) is 52.0 Å². The van der Waals surface area contributed by atoms with E-state index in [4.69, 9.17) is 10.5 Å². The van der Waals surface area contributed by atoms with Crippen molar-refractivity contribution in [3.8, 4) is 0 Å². The van der Waals surface area contributed by atoms with Gasteiger partial charge in [-0.2, -0.15) is 0 Å². The van der Waals surface area contributed by atoms with E-state index < -0.39 is 5.91 Å². The lowest BCUT2D eigenvalue weighted by Crippen LogP contribution is -2.37. The number of hydrogen-bond acceptors (Lipinski definition) is 5. The topological polar surface area (TPSA) is 68.5 Å². The summed E-state index contributed by atoms with van der Waals surface area (Å²) in [5.74, 6) is -0.392. The third kappa shape index (κ3) is 3.47. The molecule has 1 aromatic heterocycles. The van der Waals surface area contributed by atoms with E-state index in [1.807, 2.05) is 23.7 Å². The van der Waals surface area contributed by atoms with E-state index in [0.717, 1.165) is 24.6 Å². The van der Waals surface area contributed by atoms with Crippen LogP contribution in [0.25, 0.3) is 0 Å². The molecule has 0 bridgehead atoms. The highest BCUT2D eigenvalue weighted by atomic mass is 32.1. The average Bonchev–Trinajstić information content (AvgIpc) is 3.02. The molecule has 0 saturated carbocycles. The second-order valence-electron chi connectivity index (χ2n) is 5.03. The van der Waals surface area contributed by atoms with Gasteiger partial charge in [0.2, 0.25) is 5.91 Å². The van der Waals surface area contributed by atoms with Gasteiger partial charge < -0.3 is 10.5 Å². The highest BCUT2D eigenvalue weighted by molar-refractivity contribution is 7.09. The Labute approximate surface area is 127 Å². The van der Waals surface area contributed by atoms with Crippen molar-refractivity contribution in [1.82, 2.24) is 9.88 Å². The van der Waals surface area contributed by atoms with Gasteiger partial charge in [-0.3, -0.25) is 9.69 Å². The molecule has 1 fully saturated rings. The summed E-state index contributed by atoms with van der Waals surface area (Å²) in [4.78, 5) is 17.7. The minimum absolute atomic E-state index is 0.0589. The number of nitrogens with zero attached hydrogens (tertiary/aromatic N) is 2. The van der Waals surface area contributed by atoms with Crippen LogP contribution in [0.2, 0.25) is 0 Å². The largest absolute Gasteiger partial charge is 0.368 e. The molecule has 1 saturated heterocycles. The number of morpholine rings is 1. The van der Waals surface area contributed by atoms with Gasteiger partial charge in [-0.15, -0.1) is 11.3 Å². The van der Waals surface area contributed by atoms with Gasteiger partial charge in [0.25, 0.3) is 0 Å². The van der Waals surface area contributed by atoms with Gasteiger partial charge in [0.15, 0.2) is 0 Å². The summed E-state index contributed by atoms with van der Waals surface area (Å²) in [7, 11) is 0. The highest BCUT2D eigenvalue weighted by Gasteiger charge is 2.23. The van der Waals surface area contributed by atoms with Crippen LogP contribution < -0.4 is 5.73 Å². The maximum atomic E-state index is 11.1. The molecule has 1 aromatic carbocycles. The first-order valence-electron chi connectivity index (χ1n) is 6.84. The van der Waals surface area contributed by atoms with E-state index in [9.17, 15) is 4.79 Å². The fraction of sp³-hybridized carbons (Fsp3) is 0.333. The predicted octanol–water partition coefficient (Wildman–Crippen LogP) is 1.82. The maximum Gasteiger partial charge on any atom is 0.248 e. The van der Waals surface area contributed by atoms with E-state index >= 15 is 0 Å². The minimum Gasteiger partial charge on any atom is -0.368 e. The zero-order valence-electron chi connectivity index (χ0n) is 11.6. The quantitative estimate of drug-likeness (QED) is 0.935. The summed E-state index contributed by atoms with van der Waals surface area (Å²) in [6.45, 7) is 3.29. The smallest absolute Gasteiger partial charge is 0.248 e. The van der Waals surface area contributed by atoms with Crippen molar-refractivity contribution in [2.24, 2.45) is 5.73 Å². The van der Waals surface area contributed by atoms with Crippen LogP contribution in [0.15, 0.2) is 35.8 Å². The molecular weight excluding hydrogens is 286 g/mol. The van der Waals surface area contributed by atoms with Gasteiger partial charge >= 0.3 is 0 Å². The number of rotatable bonds is 4. The molecule has 1 aliphatic heterocycles. The van der Waals surface area contributed by atoms with Crippen LogP contribution in [0.4, 0.5) is 0 Å². The van der Waals surface area contributed by atoms with Crippen LogP contribution in [0.1, 0.15) is 27.0 Å². The lowest BCUT2D eigenvalue weighted by Gasteiger charge is -2.32. The Hall–Kier alpha value is -1.76. The van der Waals surface area contributed by atoms with Crippen LogP contribution in [0, 0.1) is 0 Å². The standard InChI is InChI=1S/C15H17N3O2S/c16-14(19)12-3-1-11(2-4-12)9-18-6-7-20-13(10-18)15-17-5-8-21-15/h1-5,8,13H,6-7,9-10H2,(H2,16,19)/t13-/m1/s1. The molecule has 1 aliphatic rings. The molecule has 0 unspecified atom stereocenters. The predicted molar refractivity (Wildman–Crippen MR) is 81.0 cm³/mol. The lowest BCUT2D eigenvalue weighted by molar-refractivity contribution is -0.0330. The number of carbonyl (C=O) groups excluding carboxylic acids is 1. The number of thiazole rings is 1. The normalized spacial score (nSPS) is 19.5. The van der Waals surface area contributed by atoms with E-state index in [2.05, 4.69) is 9.88 Å². The van der Waals surface area contributed by atoms with Gasteiger partial charge in [-0.25, -0.2) is 4.98 Å². The maximum absolute atomic E-state index is 11.1. The third-order valence-electron chi connectivity index (χ3n) is 3.52. The molecule has 1 amide bonds. The summed E-state index contributed by atoms with van der Waals surface area (Å²) in [6.07, 6.45) is 1.87. The summed E-state index contributed by atoms with van der Waals surface area (Å²) >= 11 is 1.63. The highest BCUT2D eigenvalue weighted by Crippen LogP contribution is 2.24. The Morgan fingerprint density at radius 2 is 2.24 bits per heavy atom. The number of amides is 1. The summed E-state index contributed by atoms with van der Waals surface area (Å²) in [5, 5.41) is 3.00. The fourth-order valence-corrected chi connectivity index (χ4v) is 3.10. The Morgan fingerprint density at radius 3 is 2.90 bits per heavy atom. The molecule has 2 aromatic rings. The van der Waals surface area contributed by atoms with E-state index in [1.54, 1.807) is 23.5 Å². The number of benzene rings is 1. The zero-order chi connectivity index (χ0) is 14.7. The van der Waals surface area contributed by atoms with Crippen molar-refractivity contribution in [1.29, 1.82) is 0 Å². The van der Waals surface area contributed by atoms with Gasteiger partial charge in [0, 0.05) is 36.8 Å². The van der Waals surface area contributed by atoms with Crippen molar-refractivity contribution in [3.63, 3.8) is 0 Å². The van der Waals surface area contributed by atoms with Crippen molar-refractivity contribution >= 4 is 17.2 Å². The second-order valence-corrected chi connectivity index (χ2v) is 5.95. The van der Waals surface area contributed by atoms with E-state index in [1.165, 1.54) is 5.56 Å². The number of aromatic nitrogens is 1. The second kappa shape index (κ2) is 6.34. The van der Waals surface area contributed by atoms with E-state index in [0.29, 0.717) is 12.2 Å². The molecular formula is C15H17N3O2S. The van der Waals surface area contributed by atoms with E-state index in [-0.39, 0.29) is 6.10 Å². The van der Waals surface area contributed by atoms with Crippen LogP contribution in [-0.4, -0.2) is 35.5 Å². The molecule has 0 aliphatic carbocycles. The number of primary amides is 1. The Morgan fingerprint density at radius 1 is 1.43 bits per heavy atom. The summed E-state index contributed by atoms with van der Waals surface area (Å²) in [6, 6.07) is 7.45. The Bertz CT molecular complexity index is 598. The SMILES string of the molecule is NC(=O)c1ccc(CN2CCO[C@@H](c3nccs3)C2)cc1. The van der Waals surface area contributed by atoms with Gasteiger partial charge in [-0.05, 0) is 17.7 Å². The third-order valence-corrected chi connectivity index (χ3v) is 4.39. The monoisotopic (exact) mass is 303 g/mol. The molecule has 110 valence electrons. The summed E-state index contributed by atoms with van der Waals surface area (Å²) < 4.78 is 5.79. The molecule has 0 radical (unpaired) electrons. The molecule has 5 nitrogen and oxygen atoms in total. The van der Waals surface area contributed by atoms with Crippen molar-refractivity contribution < 1.29 is 9.53 Å². The number of hydrogen-bond donors (Lipinski definition) is 1. The Kier molecular flexibility index (Phi) is 4.28. The molecule has 1 atom stereocenters.